The van der Waals surface area contributed by atoms with Crippen LogP contribution in [-0.2, 0) is 0 Å². The van der Waals surface area contributed by atoms with Crippen LogP contribution in [0.5, 0.6) is 0 Å². The molecule has 2 aliphatic rings. The second-order valence-electron chi connectivity index (χ2n) is 11.8. The topological polar surface area (TPSA) is 24.3 Å². The van der Waals surface area contributed by atoms with Crippen molar-refractivity contribution in [2.45, 2.75) is 0 Å². The first kappa shape index (κ1) is 25.4. The number of fused-ring (bicyclic) bond motifs is 6. The number of aromatic nitrogens is 2. The van der Waals surface area contributed by atoms with Crippen molar-refractivity contribution >= 4 is 58.5 Å². The van der Waals surface area contributed by atoms with Crippen molar-refractivity contribution in [2.75, 3.05) is 18.6 Å². The third-order valence-corrected chi connectivity index (χ3v) is 19.3. The molecule has 0 saturated carbocycles. The van der Waals surface area contributed by atoms with Gasteiger partial charge in [0.25, 0.3) is 0 Å². The molecule has 2 aromatic heterocycles. The normalized spacial score (nSPS) is 14.8. The summed E-state index contributed by atoms with van der Waals surface area (Å²) < 4.78 is 7.99. The number of para-hydroxylation sites is 1. The van der Waals surface area contributed by atoms with E-state index in [-0.39, 0.29) is 0 Å². The van der Waals surface area contributed by atoms with E-state index >= 15 is 0 Å². The second kappa shape index (κ2) is 9.73. The van der Waals surface area contributed by atoms with E-state index in [1.807, 2.05) is 12.3 Å². The molecule has 0 atom stereocenters. The third-order valence-electron chi connectivity index (χ3n) is 9.40. The molecule has 0 bridgehead atoms. The Morgan fingerprint density at radius 3 is 2.07 bits per heavy atom. The van der Waals surface area contributed by atoms with Gasteiger partial charge in [-0.05, 0) is 0 Å². The summed E-state index contributed by atoms with van der Waals surface area (Å²) in [5.41, 5.74) is 7.52. The van der Waals surface area contributed by atoms with E-state index in [9.17, 15) is 0 Å². The molecule has 2 aliphatic heterocycles. The molecule has 9 rings (SSSR count). The van der Waals surface area contributed by atoms with E-state index in [0.717, 1.165) is 6.67 Å². The molecule has 44 heavy (non-hydrogen) atoms. The average Bonchev–Trinajstić information content (AvgIpc) is 3.76. The summed E-state index contributed by atoms with van der Waals surface area (Å²) in [6.07, 6.45) is 6.26. The molecule has 0 aliphatic carbocycles. The Morgan fingerprint density at radius 1 is 0.591 bits per heavy atom. The maximum atomic E-state index is 5.12. The van der Waals surface area contributed by atoms with Crippen LogP contribution >= 0.6 is 0 Å². The summed E-state index contributed by atoms with van der Waals surface area (Å²) in [6, 6.07) is 49.6. The number of hydrogen-bond donors (Lipinski definition) is 0. The SMILES string of the molecule is CN1C=CN(c2ccc3c4ccccc4n(-c4ccc[c]([Ge]5([c]6ccccn6)[c]6ccccc6-c6cccc[c]65)c4)c3c2)C1. The Balaban J connectivity index is 1.33. The zero-order chi connectivity index (χ0) is 29.3. The Hall–Kier alpha value is -5.07. The van der Waals surface area contributed by atoms with Gasteiger partial charge < -0.3 is 0 Å². The molecule has 0 radical (unpaired) electrons. The summed E-state index contributed by atoms with van der Waals surface area (Å²) in [5, 5.41) is 2.54. The number of anilines is 1. The van der Waals surface area contributed by atoms with E-state index < -0.39 is 13.3 Å². The van der Waals surface area contributed by atoms with Gasteiger partial charge in [-0.25, -0.2) is 0 Å². The summed E-state index contributed by atoms with van der Waals surface area (Å²) >= 11 is -3.44. The average molecular weight is 627 g/mol. The molecule has 0 amide bonds. The summed E-state index contributed by atoms with van der Waals surface area (Å²) in [6.45, 7) is 0.847. The Morgan fingerprint density at radius 2 is 1.32 bits per heavy atom. The fourth-order valence-corrected chi connectivity index (χ4v) is 18.1. The molecule has 0 saturated heterocycles. The van der Waals surface area contributed by atoms with E-state index in [1.165, 1.54) is 62.0 Å². The Bertz CT molecular complexity index is 2210. The zero-order valence-electron chi connectivity index (χ0n) is 24.4. The molecule has 7 aromatic rings. The standard InChI is InChI=1S/C39H30GeN4/c1-42-23-24-43(27-42)29-20-21-34-33-15-4-7-18-37(33)44(38(34)26-29)30-12-10-11-28(25-30)40(39-19-8-9-22-41-39)35-16-5-2-13-31(35)32-14-3-6-17-36(32)40/h2-26H,27H2,1H3. The van der Waals surface area contributed by atoms with Gasteiger partial charge in [-0.3, -0.25) is 0 Å². The first-order valence-electron chi connectivity index (χ1n) is 15.1. The first-order valence-corrected chi connectivity index (χ1v) is 19.3. The van der Waals surface area contributed by atoms with Crippen LogP contribution in [0.2, 0.25) is 0 Å². The molecule has 0 N–H and O–H groups in total. The van der Waals surface area contributed by atoms with Crippen molar-refractivity contribution in [3.63, 3.8) is 0 Å². The van der Waals surface area contributed by atoms with Gasteiger partial charge in [0.1, 0.15) is 0 Å². The van der Waals surface area contributed by atoms with Crippen molar-refractivity contribution in [1.29, 1.82) is 0 Å². The third kappa shape index (κ3) is 3.55. The van der Waals surface area contributed by atoms with Crippen LogP contribution in [0.3, 0.4) is 0 Å². The van der Waals surface area contributed by atoms with Gasteiger partial charge in [-0.1, -0.05) is 0 Å². The van der Waals surface area contributed by atoms with Crippen molar-refractivity contribution in [3.8, 4) is 16.8 Å². The van der Waals surface area contributed by atoms with Crippen LogP contribution < -0.4 is 22.6 Å². The predicted molar refractivity (Wildman–Crippen MR) is 185 cm³/mol. The van der Waals surface area contributed by atoms with Crippen molar-refractivity contribution in [3.05, 3.63) is 152 Å². The zero-order valence-corrected chi connectivity index (χ0v) is 26.5. The van der Waals surface area contributed by atoms with E-state index in [0.29, 0.717) is 0 Å². The van der Waals surface area contributed by atoms with Gasteiger partial charge in [-0.2, -0.15) is 0 Å². The minimum atomic E-state index is -3.44. The summed E-state index contributed by atoms with van der Waals surface area (Å²) in [4.78, 5) is 9.62. The molecule has 4 heterocycles. The molecular formula is C39H30GeN4. The number of hydrogen-bond acceptors (Lipinski definition) is 3. The van der Waals surface area contributed by atoms with Crippen molar-refractivity contribution < 1.29 is 0 Å². The summed E-state index contributed by atoms with van der Waals surface area (Å²) in [7, 11) is 2.11. The van der Waals surface area contributed by atoms with E-state index in [2.05, 4.69) is 161 Å². The fourth-order valence-electron chi connectivity index (χ4n) is 7.55. The Kier molecular flexibility index (Phi) is 5.62. The number of rotatable bonds is 4. The predicted octanol–water partition coefficient (Wildman–Crippen LogP) is 5.72. The first-order chi connectivity index (χ1) is 21.7. The van der Waals surface area contributed by atoms with Gasteiger partial charge >= 0.3 is 260 Å². The maximum absolute atomic E-state index is 5.12. The molecule has 0 unspecified atom stereocenters. The van der Waals surface area contributed by atoms with Crippen LogP contribution in [0.4, 0.5) is 5.69 Å². The Labute approximate surface area is 259 Å². The number of benzene rings is 5. The molecular weight excluding hydrogens is 597 g/mol. The van der Waals surface area contributed by atoms with Gasteiger partial charge in [0.15, 0.2) is 0 Å². The van der Waals surface area contributed by atoms with Gasteiger partial charge in [0.2, 0.25) is 0 Å². The van der Waals surface area contributed by atoms with Crippen molar-refractivity contribution in [2.24, 2.45) is 0 Å². The van der Waals surface area contributed by atoms with Crippen LogP contribution in [0.25, 0.3) is 38.6 Å². The molecule has 210 valence electrons. The van der Waals surface area contributed by atoms with Gasteiger partial charge in [-0.15, -0.1) is 0 Å². The van der Waals surface area contributed by atoms with E-state index in [4.69, 9.17) is 4.98 Å². The van der Waals surface area contributed by atoms with Crippen LogP contribution in [0.15, 0.2) is 152 Å². The second-order valence-corrected chi connectivity index (χ2v) is 19.5. The molecule has 5 aromatic carbocycles. The van der Waals surface area contributed by atoms with Crippen LogP contribution in [-0.4, -0.2) is 41.4 Å². The quantitative estimate of drug-likeness (QED) is 0.234. The molecule has 4 nitrogen and oxygen atoms in total. The minimum absolute atomic E-state index is 0.847. The summed E-state index contributed by atoms with van der Waals surface area (Å²) in [5.74, 6) is 0. The van der Waals surface area contributed by atoms with Crippen LogP contribution in [0.1, 0.15) is 0 Å². The molecule has 0 fully saturated rings. The number of nitrogens with zero attached hydrogens (tertiary/aromatic N) is 4. The van der Waals surface area contributed by atoms with Gasteiger partial charge in [0.05, 0.1) is 0 Å². The molecule has 5 heteroatoms. The number of pyridine rings is 1. The van der Waals surface area contributed by atoms with Crippen LogP contribution in [0, 0.1) is 0 Å². The monoisotopic (exact) mass is 628 g/mol. The fraction of sp³-hybridized carbons (Fsp3) is 0.0513. The van der Waals surface area contributed by atoms with E-state index in [1.54, 1.807) is 0 Å². The van der Waals surface area contributed by atoms with Gasteiger partial charge in [0, 0.05) is 0 Å². The van der Waals surface area contributed by atoms with Crippen molar-refractivity contribution in [1.82, 2.24) is 14.5 Å². The molecule has 0 spiro atoms.